The summed E-state index contributed by atoms with van der Waals surface area (Å²) in [5, 5.41) is 10.0. The number of fused-ring (bicyclic) bond motifs is 3. The molecule has 1 aliphatic rings. The first-order valence-corrected chi connectivity index (χ1v) is 9.39. The SMILES string of the molecule is Fc1cccc2[c]c3n(c12)CC(n1nncc1Cc1ccc(Cl)cc1)CC3. The van der Waals surface area contributed by atoms with Crippen molar-refractivity contribution in [2.45, 2.75) is 31.8 Å². The van der Waals surface area contributed by atoms with Crippen LogP contribution in [0.5, 0.6) is 0 Å². The Kier molecular flexibility index (Phi) is 3.97. The van der Waals surface area contributed by atoms with Crippen LogP contribution in [0.1, 0.15) is 29.4 Å². The molecule has 3 heterocycles. The topological polar surface area (TPSA) is 35.6 Å². The summed E-state index contributed by atoms with van der Waals surface area (Å²) in [4.78, 5) is 0. The lowest BCUT2D eigenvalue weighted by atomic mass is 10.0. The van der Waals surface area contributed by atoms with Crippen molar-refractivity contribution in [1.29, 1.82) is 0 Å². The Morgan fingerprint density at radius 1 is 1.19 bits per heavy atom. The maximum Gasteiger partial charge on any atom is 0.147 e. The summed E-state index contributed by atoms with van der Waals surface area (Å²) in [7, 11) is 0. The second-order valence-electron chi connectivity index (χ2n) is 6.98. The minimum atomic E-state index is -0.198. The Balaban J connectivity index is 1.47. The molecule has 1 unspecified atom stereocenters. The molecule has 27 heavy (non-hydrogen) atoms. The molecule has 0 aliphatic carbocycles. The second-order valence-corrected chi connectivity index (χ2v) is 7.42. The van der Waals surface area contributed by atoms with Gasteiger partial charge >= 0.3 is 0 Å². The third-order valence-corrected chi connectivity index (χ3v) is 5.51. The van der Waals surface area contributed by atoms with Gasteiger partial charge in [0, 0.05) is 35.1 Å². The zero-order valence-corrected chi connectivity index (χ0v) is 15.3. The van der Waals surface area contributed by atoms with Crippen LogP contribution in [0.4, 0.5) is 4.39 Å². The quantitative estimate of drug-likeness (QED) is 0.521. The van der Waals surface area contributed by atoms with Gasteiger partial charge in [-0.3, -0.25) is 0 Å². The molecule has 1 atom stereocenters. The van der Waals surface area contributed by atoms with Crippen molar-refractivity contribution >= 4 is 22.5 Å². The molecular weight excluding hydrogens is 363 g/mol. The number of rotatable bonds is 3. The van der Waals surface area contributed by atoms with Crippen LogP contribution in [0.3, 0.4) is 0 Å². The van der Waals surface area contributed by atoms with Gasteiger partial charge in [-0.25, -0.2) is 9.07 Å². The molecule has 2 aromatic heterocycles. The maximum absolute atomic E-state index is 14.4. The average Bonchev–Trinajstić information content (AvgIpc) is 3.28. The zero-order valence-electron chi connectivity index (χ0n) is 14.6. The fraction of sp³-hybridized carbons (Fsp3) is 0.238. The van der Waals surface area contributed by atoms with Crippen LogP contribution in [0.2, 0.25) is 5.02 Å². The van der Waals surface area contributed by atoms with Gasteiger partial charge in [-0.2, -0.15) is 0 Å². The Morgan fingerprint density at radius 3 is 2.89 bits per heavy atom. The molecule has 0 spiro atoms. The van der Waals surface area contributed by atoms with Gasteiger partial charge in [0.2, 0.25) is 0 Å². The van der Waals surface area contributed by atoms with Gasteiger partial charge in [0.15, 0.2) is 0 Å². The van der Waals surface area contributed by atoms with Crippen molar-refractivity contribution in [2.75, 3.05) is 0 Å². The van der Waals surface area contributed by atoms with E-state index in [0.29, 0.717) is 12.1 Å². The minimum Gasteiger partial charge on any atom is -0.339 e. The highest BCUT2D eigenvalue weighted by molar-refractivity contribution is 6.30. The van der Waals surface area contributed by atoms with Crippen LogP contribution in [-0.4, -0.2) is 19.6 Å². The third-order valence-electron chi connectivity index (χ3n) is 5.26. The molecule has 0 saturated heterocycles. The van der Waals surface area contributed by atoms with E-state index in [2.05, 4.69) is 16.4 Å². The molecule has 6 heteroatoms. The van der Waals surface area contributed by atoms with Crippen molar-refractivity contribution in [3.63, 3.8) is 0 Å². The van der Waals surface area contributed by atoms with E-state index in [0.717, 1.165) is 46.6 Å². The normalized spacial score (nSPS) is 16.6. The van der Waals surface area contributed by atoms with Crippen molar-refractivity contribution in [3.05, 3.63) is 82.5 Å². The van der Waals surface area contributed by atoms with Gasteiger partial charge in [0.05, 0.1) is 23.4 Å². The first-order valence-electron chi connectivity index (χ1n) is 9.01. The van der Waals surface area contributed by atoms with E-state index in [1.54, 1.807) is 6.07 Å². The van der Waals surface area contributed by atoms with Gasteiger partial charge in [-0.15, -0.1) is 5.10 Å². The maximum atomic E-state index is 14.4. The number of nitrogens with zero attached hydrogens (tertiary/aromatic N) is 4. The molecule has 0 N–H and O–H groups in total. The number of halogens is 2. The highest BCUT2D eigenvalue weighted by Crippen LogP contribution is 2.31. The zero-order chi connectivity index (χ0) is 18.4. The Labute approximate surface area is 161 Å². The van der Waals surface area contributed by atoms with E-state index in [1.165, 1.54) is 6.07 Å². The number of para-hydroxylation sites is 1. The minimum absolute atomic E-state index is 0.144. The summed E-state index contributed by atoms with van der Waals surface area (Å²) in [6.07, 6.45) is 4.33. The summed E-state index contributed by atoms with van der Waals surface area (Å²) in [5.74, 6) is -0.198. The van der Waals surface area contributed by atoms with Crippen LogP contribution >= 0.6 is 11.6 Å². The van der Waals surface area contributed by atoms with E-state index >= 15 is 0 Å². The molecule has 0 bridgehead atoms. The molecule has 2 aromatic carbocycles. The molecule has 1 aliphatic heterocycles. The molecular formula is C21H17ClFN4. The van der Waals surface area contributed by atoms with E-state index in [9.17, 15) is 4.39 Å². The average molecular weight is 380 g/mol. The van der Waals surface area contributed by atoms with Gasteiger partial charge in [0.25, 0.3) is 0 Å². The molecule has 135 valence electrons. The van der Waals surface area contributed by atoms with Crippen LogP contribution in [0.15, 0.2) is 48.7 Å². The Morgan fingerprint density at radius 2 is 2.04 bits per heavy atom. The van der Waals surface area contributed by atoms with Crippen molar-refractivity contribution < 1.29 is 4.39 Å². The largest absolute Gasteiger partial charge is 0.339 e. The van der Waals surface area contributed by atoms with Gasteiger partial charge < -0.3 is 4.57 Å². The number of benzene rings is 2. The molecule has 0 fully saturated rings. The van der Waals surface area contributed by atoms with Crippen LogP contribution in [0, 0.1) is 11.9 Å². The third kappa shape index (κ3) is 2.92. The van der Waals surface area contributed by atoms with Crippen LogP contribution < -0.4 is 0 Å². The predicted octanol–water partition coefficient (Wildman–Crippen LogP) is 4.60. The number of aromatic nitrogens is 4. The number of hydrogen-bond donors (Lipinski definition) is 0. The monoisotopic (exact) mass is 379 g/mol. The van der Waals surface area contributed by atoms with Crippen LogP contribution in [-0.2, 0) is 19.4 Å². The van der Waals surface area contributed by atoms with Crippen molar-refractivity contribution in [2.24, 2.45) is 0 Å². The first kappa shape index (κ1) is 16.5. The lowest BCUT2D eigenvalue weighted by Crippen LogP contribution is -2.25. The van der Waals surface area contributed by atoms with E-state index < -0.39 is 0 Å². The van der Waals surface area contributed by atoms with E-state index in [1.807, 2.05) is 45.8 Å². The molecule has 0 amide bonds. The Bertz CT molecular complexity index is 1110. The summed E-state index contributed by atoms with van der Waals surface area (Å²) in [6, 6.07) is 16.5. The van der Waals surface area contributed by atoms with Gasteiger partial charge in [-0.1, -0.05) is 41.1 Å². The van der Waals surface area contributed by atoms with E-state index in [4.69, 9.17) is 11.6 Å². The highest BCUT2D eigenvalue weighted by Gasteiger charge is 2.25. The smallest absolute Gasteiger partial charge is 0.147 e. The van der Waals surface area contributed by atoms with E-state index in [-0.39, 0.29) is 11.9 Å². The van der Waals surface area contributed by atoms with Crippen molar-refractivity contribution in [1.82, 2.24) is 19.6 Å². The summed E-state index contributed by atoms with van der Waals surface area (Å²) >= 11 is 5.98. The standard InChI is InChI=1S/C21H17ClFN4/c22-16-6-4-14(5-7-16)10-19-12-24-25-27(19)18-9-8-17-11-15-2-1-3-20(23)21(15)26(17)13-18/h1-7,12,18H,8-10,13H2. The molecule has 1 radical (unpaired) electrons. The summed E-state index contributed by atoms with van der Waals surface area (Å²) in [6.45, 7) is 0.674. The number of aryl methyl sites for hydroxylation is 1. The van der Waals surface area contributed by atoms with Gasteiger partial charge in [0.1, 0.15) is 5.82 Å². The number of hydrogen-bond acceptors (Lipinski definition) is 2. The molecule has 4 nitrogen and oxygen atoms in total. The first-order chi connectivity index (χ1) is 13.2. The highest BCUT2D eigenvalue weighted by atomic mass is 35.5. The summed E-state index contributed by atoms with van der Waals surface area (Å²) < 4.78 is 18.4. The van der Waals surface area contributed by atoms with Gasteiger partial charge in [-0.05, 0) is 36.6 Å². The predicted molar refractivity (Wildman–Crippen MR) is 102 cm³/mol. The molecule has 0 saturated carbocycles. The fourth-order valence-electron chi connectivity index (χ4n) is 3.96. The van der Waals surface area contributed by atoms with Crippen LogP contribution in [0.25, 0.3) is 10.9 Å². The fourth-order valence-corrected chi connectivity index (χ4v) is 4.09. The summed E-state index contributed by atoms with van der Waals surface area (Å²) in [5.41, 5.74) is 3.90. The second kappa shape index (κ2) is 6.50. The lowest BCUT2D eigenvalue weighted by molar-refractivity contribution is 0.329. The molecule has 4 aromatic rings. The Hall–Kier alpha value is -2.66. The molecule has 5 rings (SSSR count). The lowest BCUT2D eigenvalue weighted by Gasteiger charge is -2.26. The van der Waals surface area contributed by atoms with Crippen molar-refractivity contribution in [3.8, 4) is 0 Å².